The van der Waals surface area contributed by atoms with Crippen LogP contribution >= 0.6 is 27.3 Å². The number of rotatable bonds is 5. The minimum atomic E-state index is 0.283. The summed E-state index contributed by atoms with van der Waals surface area (Å²) >= 11 is 5.42. The molecule has 1 heterocycles. The van der Waals surface area contributed by atoms with Crippen LogP contribution in [0.2, 0.25) is 0 Å². The predicted octanol–water partition coefficient (Wildman–Crippen LogP) is 5.08. The van der Waals surface area contributed by atoms with E-state index in [1.54, 1.807) is 0 Å². The Morgan fingerprint density at radius 1 is 1.26 bits per heavy atom. The molecule has 0 radical (unpaired) electrons. The van der Waals surface area contributed by atoms with Crippen molar-refractivity contribution in [1.82, 2.24) is 5.32 Å². The first-order chi connectivity index (χ1) is 9.15. The summed E-state index contributed by atoms with van der Waals surface area (Å²) in [5.41, 5.74) is 4.06. The van der Waals surface area contributed by atoms with Gasteiger partial charge in [0, 0.05) is 4.88 Å². The van der Waals surface area contributed by atoms with Gasteiger partial charge in [-0.05, 0) is 59.1 Å². The summed E-state index contributed by atoms with van der Waals surface area (Å²) in [5, 5.41) is 3.42. The summed E-state index contributed by atoms with van der Waals surface area (Å²) in [5.74, 6) is 0. The Morgan fingerprint density at radius 3 is 2.42 bits per heavy atom. The van der Waals surface area contributed by atoms with Crippen LogP contribution in [0.15, 0.2) is 34.1 Å². The fourth-order valence-electron chi connectivity index (χ4n) is 2.26. The van der Waals surface area contributed by atoms with Gasteiger partial charge in [0.25, 0.3) is 0 Å². The van der Waals surface area contributed by atoms with Crippen molar-refractivity contribution >= 4 is 27.3 Å². The molecule has 0 saturated carbocycles. The van der Waals surface area contributed by atoms with E-state index in [0.717, 1.165) is 6.42 Å². The molecule has 0 bridgehead atoms. The van der Waals surface area contributed by atoms with Crippen molar-refractivity contribution < 1.29 is 0 Å². The molecule has 0 spiro atoms. The average molecular weight is 338 g/mol. The number of hydrogen-bond acceptors (Lipinski definition) is 2. The Kier molecular flexibility index (Phi) is 5.20. The standard InChI is InChI=1S/C16H20BrNS/c1-4-5-12-6-8-13(9-7-12)15(18-3)14-10-11(2)16(17)19-14/h6-10,15,18H,4-5H2,1-3H3. The van der Waals surface area contributed by atoms with Crippen LogP contribution in [0.4, 0.5) is 0 Å². The Bertz CT molecular complexity index is 511. The van der Waals surface area contributed by atoms with Gasteiger partial charge in [-0.25, -0.2) is 0 Å². The first-order valence-corrected chi connectivity index (χ1v) is 8.28. The molecule has 2 rings (SSSR count). The SMILES string of the molecule is CCCc1ccc(C(NC)c2cc(C)c(Br)s2)cc1. The number of nitrogens with one attached hydrogen (secondary N) is 1. The molecule has 0 fully saturated rings. The molecule has 1 atom stereocenters. The van der Waals surface area contributed by atoms with Crippen molar-refractivity contribution in [2.75, 3.05) is 7.05 Å². The van der Waals surface area contributed by atoms with Crippen LogP contribution in [0.1, 0.15) is 41.0 Å². The molecule has 1 N–H and O–H groups in total. The summed E-state index contributed by atoms with van der Waals surface area (Å²) in [4.78, 5) is 1.36. The highest BCUT2D eigenvalue weighted by molar-refractivity contribution is 9.11. The first kappa shape index (κ1) is 14.8. The second kappa shape index (κ2) is 6.69. The van der Waals surface area contributed by atoms with E-state index in [1.165, 1.54) is 31.8 Å². The Hall–Kier alpha value is -0.640. The highest BCUT2D eigenvalue weighted by atomic mass is 79.9. The normalized spacial score (nSPS) is 12.6. The van der Waals surface area contributed by atoms with Crippen LogP contribution < -0.4 is 5.32 Å². The van der Waals surface area contributed by atoms with Gasteiger partial charge in [-0.3, -0.25) is 0 Å². The summed E-state index contributed by atoms with van der Waals surface area (Å²) in [6.45, 7) is 4.36. The van der Waals surface area contributed by atoms with E-state index in [0.29, 0.717) is 0 Å². The zero-order chi connectivity index (χ0) is 13.8. The van der Waals surface area contributed by atoms with Gasteiger partial charge in [0.2, 0.25) is 0 Å². The molecule has 0 aliphatic rings. The van der Waals surface area contributed by atoms with E-state index >= 15 is 0 Å². The highest BCUT2D eigenvalue weighted by Crippen LogP contribution is 2.34. The minimum absolute atomic E-state index is 0.283. The van der Waals surface area contributed by atoms with E-state index in [4.69, 9.17) is 0 Å². The largest absolute Gasteiger partial charge is 0.309 e. The minimum Gasteiger partial charge on any atom is -0.309 e. The lowest BCUT2D eigenvalue weighted by molar-refractivity contribution is 0.703. The first-order valence-electron chi connectivity index (χ1n) is 6.67. The fourth-order valence-corrected chi connectivity index (χ4v) is 3.97. The lowest BCUT2D eigenvalue weighted by Crippen LogP contribution is -2.16. The van der Waals surface area contributed by atoms with Crippen molar-refractivity contribution in [1.29, 1.82) is 0 Å². The molecule has 1 nitrogen and oxygen atoms in total. The summed E-state index contributed by atoms with van der Waals surface area (Å²) in [7, 11) is 2.02. The van der Waals surface area contributed by atoms with Gasteiger partial charge in [0.1, 0.15) is 0 Å². The van der Waals surface area contributed by atoms with Gasteiger partial charge in [-0.2, -0.15) is 0 Å². The molecule has 1 unspecified atom stereocenters. The fraction of sp³-hybridized carbons (Fsp3) is 0.375. The lowest BCUT2D eigenvalue weighted by atomic mass is 10.0. The monoisotopic (exact) mass is 337 g/mol. The van der Waals surface area contributed by atoms with Crippen LogP contribution in [-0.4, -0.2) is 7.05 Å². The lowest BCUT2D eigenvalue weighted by Gasteiger charge is -2.15. The van der Waals surface area contributed by atoms with Crippen molar-refractivity contribution in [3.8, 4) is 0 Å². The molecule has 102 valence electrons. The zero-order valence-electron chi connectivity index (χ0n) is 11.7. The molecule has 0 amide bonds. The van der Waals surface area contributed by atoms with Gasteiger partial charge >= 0.3 is 0 Å². The van der Waals surface area contributed by atoms with Crippen molar-refractivity contribution in [3.05, 3.63) is 55.7 Å². The molecule has 1 aromatic heterocycles. The quantitative estimate of drug-likeness (QED) is 0.802. The van der Waals surface area contributed by atoms with Gasteiger partial charge in [0.15, 0.2) is 0 Å². The van der Waals surface area contributed by atoms with E-state index in [2.05, 4.69) is 65.4 Å². The van der Waals surface area contributed by atoms with Gasteiger partial charge in [0.05, 0.1) is 9.83 Å². The molecular weight excluding hydrogens is 318 g/mol. The van der Waals surface area contributed by atoms with Crippen LogP contribution in [-0.2, 0) is 6.42 Å². The number of hydrogen-bond donors (Lipinski definition) is 1. The predicted molar refractivity (Wildman–Crippen MR) is 88.1 cm³/mol. The van der Waals surface area contributed by atoms with E-state index in [9.17, 15) is 0 Å². The smallest absolute Gasteiger partial charge is 0.0731 e. The molecule has 3 heteroatoms. The molecule has 19 heavy (non-hydrogen) atoms. The highest BCUT2D eigenvalue weighted by Gasteiger charge is 2.15. The topological polar surface area (TPSA) is 12.0 Å². The van der Waals surface area contributed by atoms with Crippen LogP contribution in [0.5, 0.6) is 0 Å². The Labute approximate surface area is 128 Å². The number of halogens is 1. The van der Waals surface area contributed by atoms with E-state index in [1.807, 2.05) is 18.4 Å². The Balaban J connectivity index is 2.26. The van der Waals surface area contributed by atoms with Crippen LogP contribution in [0, 0.1) is 6.92 Å². The van der Waals surface area contributed by atoms with Crippen molar-refractivity contribution in [3.63, 3.8) is 0 Å². The Morgan fingerprint density at radius 2 is 1.95 bits per heavy atom. The summed E-state index contributed by atoms with van der Waals surface area (Å²) < 4.78 is 1.23. The number of thiophene rings is 1. The summed E-state index contributed by atoms with van der Waals surface area (Å²) in [6.07, 6.45) is 2.36. The third-order valence-electron chi connectivity index (χ3n) is 3.30. The zero-order valence-corrected chi connectivity index (χ0v) is 14.1. The van der Waals surface area contributed by atoms with E-state index < -0.39 is 0 Å². The molecule has 0 saturated heterocycles. The van der Waals surface area contributed by atoms with Crippen LogP contribution in [0.3, 0.4) is 0 Å². The summed E-state index contributed by atoms with van der Waals surface area (Å²) in [6, 6.07) is 11.5. The maximum absolute atomic E-state index is 3.61. The average Bonchev–Trinajstić information content (AvgIpc) is 2.73. The second-order valence-corrected chi connectivity index (χ2v) is 7.22. The van der Waals surface area contributed by atoms with Gasteiger partial charge in [-0.15, -0.1) is 11.3 Å². The third kappa shape index (κ3) is 3.47. The molecular formula is C16H20BrNS. The number of aryl methyl sites for hydroxylation is 2. The second-order valence-electron chi connectivity index (χ2n) is 4.82. The van der Waals surface area contributed by atoms with Gasteiger partial charge < -0.3 is 5.32 Å². The van der Waals surface area contributed by atoms with Gasteiger partial charge in [-0.1, -0.05) is 37.6 Å². The molecule has 0 aliphatic heterocycles. The maximum atomic E-state index is 3.61. The van der Waals surface area contributed by atoms with Crippen molar-refractivity contribution in [2.24, 2.45) is 0 Å². The van der Waals surface area contributed by atoms with Crippen LogP contribution in [0.25, 0.3) is 0 Å². The number of benzene rings is 1. The van der Waals surface area contributed by atoms with E-state index in [-0.39, 0.29) is 6.04 Å². The maximum Gasteiger partial charge on any atom is 0.0731 e. The third-order valence-corrected chi connectivity index (χ3v) is 5.50. The molecule has 2 aromatic rings. The molecule has 0 aliphatic carbocycles. The van der Waals surface area contributed by atoms with Crippen molar-refractivity contribution in [2.45, 2.75) is 32.7 Å². The molecule has 1 aromatic carbocycles.